The number of ether oxygens (including phenoxy) is 1. The molecule has 0 unspecified atom stereocenters. The van der Waals surface area contributed by atoms with Crippen molar-refractivity contribution in [2.45, 2.75) is 38.1 Å². The lowest BCUT2D eigenvalue weighted by Crippen LogP contribution is -2.40. The molecule has 0 bridgehead atoms. The number of aromatic nitrogens is 3. The summed E-state index contributed by atoms with van der Waals surface area (Å²) in [6.07, 6.45) is -1.37. The van der Waals surface area contributed by atoms with Crippen molar-refractivity contribution in [1.29, 1.82) is 0 Å². The molecule has 0 aliphatic carbocycles. The highest BCUT2D eigenvalue weighted by Crippen LogP contribution is 2.39. The summed E-state index contributed by atoms with van der Waals surface area (Å²) in [6.45, 7) is 2.44. The minimum atomic E-state index is -5.06. The smallest absolute Gasteiger partial charge is 0.405 e. The van der Waals surface area contributed by atoms with Gasteiger partial charge in [0, 0.05) is 36.8 Å². The first kappa shape index (κ1) is 22.3. The van der Waals surface area contributed by atoms with E-state index in [1.54, 1.807) is 22.7 Å². The number of fused-ring (bicyclic) bond motifs is 1. The van der Waals surface area contributed by atoms with Gasteiger partial charge in [-0.2, -0.15) is 0 Å². The van der Waals surface area contributed by atoms with Crippen molar-refractivity contribution in [1.82, 2.24) is 19.5 Å². The summed E-state index contributed by atoms with van der Waals surface area (Å²) in [7, 11) is 2.03. The minimum Gasteiger partial charge on any atom is -0.405 e. The van der Waals surface area contributed by atoms with Crippen LogP contribution in [0.15, 0.2) is 36.5 Å². The number of likely N-dealkylation sites (N-methyl/N-ethyl adjacent to an activating group) is 1. The monoisotopic (exact) mass is 455 g/mol. The van der Waals surface area contributed by atoms with Crippen molar-refractivity contribution in [2.24, 2.45) is 0 Å². The number of likely N-dealkylation sites (tertiary alicyclic amines) is 1. The molecule has 1 aliphatic heterocycles. The van der Waals surface area contributed by atoms with Gasteiger partial charge in [0.05, 0.1) is 5.52 Å². The van der Waals surface area contributed by atoms with E-state index in [1.807, 2.05) is 7.05 Å². The fourth-order valence-electron chi connectivity index (χ4n) is 3.91. The molecule has 0 saturated carbocycles. The maximum Gasteiger partial charge on any atom is 0.573 e. The first-order valence-corrected chi connectivity index (χ1v) is 10.1. The number of nitrogens with one attached hydrogen (secondary N) is 1. The van der Waals surface area contributed by atoms with Gasteiger partial charge in [-0.15, -0.1) is 23.4 Å². The average Bonchev–Trinajstić information content (AvgIpc) is 3.17. The molecule has 32 heavy (non-hydrogen) atoms. The molecule has 3 heterocycles. The van der Waals surface area contributed by atoms with Gasteiger partial charge in [0.1, 0.15) is 11.4 Å². The normalized spacial score (nSPS) is 18.2. The number of benzene rings is 1. The molecule has 1 aromatic carbocycles. The van der Waals surface area contributed by atoms with Crippen LogP contribution in [0.1, 0.15) is 25.3 Å². The van der Waals surface area contributed by atoms with Gasteiger partial charge in [-0.3, -0.25) is 4.40 Å². The van der Waals surface area contributed by atoms with E-state index < -0.39 is 23.6 Å². The van der Waals surface area contributed by atoms with E-state index in [2.05, 4.69) is 25.2 Å². The van der Waals surface area contributed by atoms with E-state index in [4.69, 9.17) is 0 Å². The van der Waals surface area contributed by atoms with Crippen LogP contribution in [0.3, 0.4) is 0 Å². The fraction of sp³-hybridized carbons (Fsp3) is 0.429. The molecule has 1 fully saturated rings. The summed E-state index contributed by atoms with van der Waals surface area (Å²) in [5.74, 6) is -3.65. The lowest BCUT2D eigenvalue weighted by molar-refractivity contribution is -0.274. The lowest BCUT2D eigenvalue weighted by Gasteiger charge is -2.30. The van der Waals surface area contributed by atoms with E-state index in [1.165, 1.54) is 0 Å². The highest BCUT2D eigenvalue weighted by Gasteiger charge is 2.34. The van der Waals surface area contributed by atoms with Gasteiger partial charge in [-0.05, 0) is 50.7 Å². The van der Waals surface area contributed by atoms with Crippen molar-refractivity contribution in [3.05, 3.63) is 42.1 Å². The van der Waals surface area contributed by atoms with Gasteiger partial charge >= 0.3 is 6.36 Å². The van der Waals surface area contributed by atoms with Crippen LogP contribution in [0.2, 0.25) is 0 Å². The van der Waals surface area contributed by atoms with Crippen LogP contribution in [0.4, 0.5) is 27.9 Å². The molecule has 0 radical (unpaired) electrons. The van der Waals surface area contributed by atoms with Gasteiger partial charge < -0.3 is 15.0 Å². The molecule has 1 atom stereocenters. The highest BCUT2D eigenvalue weighted by atomic mass is 19.4. The SMILES string of the molecule is CN1CCC[C@@H](Nc2nnc(-c3ccc(C(C)(F)F)cc3OC(F)(F)F)c3cccn23)C1. The Bertz CT molecular complexity index is 1110. The van der Waals surface area contributed by atoms with Crippen molar-refractivity contribution in [3.63, 3.8) is 0 Å². The van der Waals surface area contributed by atoms with Crippen LogP contribution in [0.5, 0.6) is 5.75 Å². The van der Waals surface area contributed by atoms with Crippen LogP contribution in [-0.2, 0) is 5.92 Å². The number of rotatable bonds is 5. The van der Waals surface area contributed by atoms with E-state index in [9.17, 15) is 22.0 Å². The first-order chi connectivity index (χ1) is 15.0. The maximum atomic E-state index is 13.7. The Morgan fingerprint density at radius 1 is 1.12 bits per heavy atom. The molecule has 1 aliphatic rings. The third kappa shape index (κ3) is 4.77. The first-order valence-electron chi connectivity index (χ1n) is 10.1. The summed E-state index contributed by atoms with van der Waals surface area (Å²) in [5, 5.41) is 11.7. The zero-order valence-corrected chi connectivity index (χ0v) is 17.5. The number of halogens is 5. The van der Waals surface area contributed by atoms with E-state index in [-0.39, 0.29) is 17.3 Å². The van der Waals surface area contributed by atoms with Gasteiger partial charge in [-0.25, -0.2) is 8.78 Å². The van der Waals surface area contributed by atoms with Crippen LogP contribution in [0, 0.1) is 0 Å². The molecule has 1 saturated heterocycles. The molecular formula is C21H22F5N5O. The molecule has 2 aromatic heterocycles. The molecule has 0 spiro atoms. The van der Waals surface area contributed by atoms with Crippen LogP contribution < -0.4 is 10.1 Å². The second-order valence-electron chi connectivity index (χ2n) is 8.03. The summed E-state index contributed by atoms with van der Waals surface area (Å²) >= 11 is 0. The summed E-state index contributed by atoms with van der Waals surface area (Å²) in [5.41, 5.74) is -0.128. The Hall–Kier alpha value is -2.95. The lowest BCUT2D eigenvalue weighted by atomic mass is 10.0. The Morgan fingerprint density at radius 2 is 1.91 bits per heavy atom. The Morgan fingerprint density at radius 3 is 2.59 bits per heavy atom. The number of anilines is 1. The van der Waals surface area contributed by atoms with Gasteiger partial charge in [0.25, 0.3) is 5.92 Å². The van der Waals surface area contributed by atoms with E-state index >= 15 is 0 Å². The van der Waals surface area contributed by atoms with Crippen LogP contribution in [-0.4, -0.2) is 52.0 Å². The molecule has 1 N–H and O–H groups in total. The number of alkyl halides is 5. The van der Waals surface area contributed by atoms with Gasteiger partial charge in [-0.1, -0.05) is 6.07 Å². The predicted molar refractivity (Wildman–Crippen MR) is 109 cm³/mol. The summed E-state index contributed by atoms with van der Waals surface area (Å²) < 4.78 is 72.2. The number of nitrogens with zero attached hydrogens (tertiary/aromatic N) is 4. The third-order valence-corrected chi connectivity index (χ3v) is 5.39. The molecule has 11 heteroatoms. The minimum absolute atomic E-state index is 0.0875. The molecular weight excluding hydrogens is 433 g/mol. The van der Waals surface area contributed by atoms with E-state index in [0.717, 1.165) is 38.1 Å². The van der Waals surface area contributed by atoms with Gasteiger partial charge in [0.2, 0.25) is 5.95 Å². The van der Waals surface area contributed by atoms with Crippen molar-refractivity contribution in [3.8, 4) is 17.0 Å². The largest absolute Gasteiger partial charge is 0.573 e. The van der Waals surface area contributed by atoms with Crippen LogP contribution >= 0.6 is 0 Å². The van der Waals surface area contributed by atoms with Crippen molar-refractivity contribution >= 4 is 11.5 Å². The van der Waals surface area contributed by atoms with Crippen molar-refractivity contribution < 1.29 is 26.7 Å². The number of hydrogen-bond acceptors (Lipinski definition) is 5. The zero-order chi connectivity index (χ0) is 23.1. The molecule has 0 amide bonds. The Labute approximate surface area is 181 Å². The average molecular weight is 455 g/mol. The Kier molecular flexibility index (Phi) is 5.70. The molecule has 4 rings (SSSR count). The molecule has 3 aromatic rings. The molecule has 6 nitrogen and oxygen atoms in total. The van der Waals surface area contributed by atoms with Crippen molar-refractivity contribution in [2.75, 3.05) is 25.5 Å². The second kappa shape index (κ2) is 8.19. The summed E-state index contributed by atoms with van der Waals surface area (Å²) in [6, 6.07) is 6.42. The van der Waals surface area contributed by atoms with E-state index in [0.29, 0.717) is 24.5 Å². The Balaban J connectivity index is 1.76. The number of hydrogen-bond donors (Lipinski definition) is 1. The predicted octanol–water partition coefficient (Wildman–Crippen LogP) is 4.91. The topological polar surface area (TPSA) is 54.7 Å². The number of piperidine rings is 1. The summed E-state index contributed by atoms with van der Waals surface area (Å²) in [4.78, 5) is 2.20. The van der Waals surface area contributed by atoms with Gasteiger partial charge in [0.15, 0.2) is 0 Å². The maximum absolute atomic E-state index is 13.7. The third-order valence-electron chi connectivity index (χ3n) is 5.39. The quantitative estimate of drug-likeness (QED) is 0.554. The molecule has 172 valence electrons. The van der Waals surface area contributed by atoms with Crippen LogP contribution in [0.25, 0.3) is 16.8 Å². The zero-order valence-electron chi connectivity index (χ0n) is 17.5. The fourth-order valence-corrected chi connectivity index (χ4v) is 3.91. The second-order valence-corrected chi connectivity index (χ2v) is 8.03. The standard InChI is InChI=1S/C21H22F5N5O/c1-20(22,23)13-7-8-15(17(11-13)32-21(24,25)26)18-16-6-4-10-31(16)19(29-28-18)27-14-5-3-9-30(2)12-14/h4,6-8,10-11,14H,3,5,9,12H2,1-2H3,(H,27,29)/t14-/m1/s1. The highest BCUT2D eigenvalue weighted by molar-refractivity contribution is 5.81.